The quantitative estimate of drug-likeness (QED) is 0.847. The van der Waals surface area contributed by atoms with Crippen LogP contribution in [0.25, 0.3) is 0 Å². The Morgan fingerprint density at radius 1 is 1.35 bits per heavy atom. The second-order valence-corrected chi connectivity index (χ2v) is 8.38. The number of hydrogen-bond donors (Lipinski definition) is 1. The molecule has 0 radical (unpaired) electrons. The van der Waals surface area contributed by atoms with Gasteiger partial charge in [-0.2, -0.15) is 0 Å². The van der Waals surface area contributed by atoms with Gasteiger partial charge in [0.05, 0.1) is 5.60 Å². The Morgan fingerprint density at radius 3 is 2.69 bits per heavy atom. The second kappa shape index (κ2) is 7.65. The lowest BCUT2D eigenvalue weighted by atomic mass is 9.65. The van der Waals surface area contributed by atoms with E-state index >= 15 is 0 Å². The molecule has 5 heteroatoms. The van der Waals surface area contributed by atoms with E-state index in [-0.39, 0.29) is 0 Å². The van der Waals surface area contributed by atoms with E-state index < -0.39 is 11.5 Å². The summed E-state index contributed by atoms with van der Waals surface area (Å²) in [6.45, 7) is 5.63. The zero-order chi connectivity index (χ0) is 18.9. The molecule has 2 saturated carbocycles. The summed E-state index contributed by atoms with van der Waals surface area (Å²) in [7, 11) is 4.06. The normalized spacial score (nSPS) is 34.5. The van der Waals surface area contributed by atoms with Crippen LogP contribution in [0.3, 0.4) is 0 Å². The van der Waals surface area contributed by atoms with Crippen molar-refractivity contribution in [3.05, 3.63) is 29.6 Å². The molecule has 4 unspecified atom stereocenters. The van der Waals surface area contributed by atoms with Crippen molar-refractivity contribution in [2.24, 2.45) is 23.5 Å². The highest BCUT2D eigenvalue weighted by Crippen LogP contribution is 2.49. The van der Waals surface area contributed by atoms with Crippen molar-refractivity contribution in [1.29, 1.82) is 0 Å². The van der Waals surface area contributed by atoms with Crippen molar-refractivity contribution in [2.45, 2.75) is 57.6 Å². The summed E-state index contributed by atoms with van der Waals surface area (Å²) >= 11 is 0. The lowest BCUT2D eigenvalue weighted by molar-refractivity contribution is -0.136. The van der Waals surface area contributed by atoms with Crippen LogP contribution in [0.2, 0.25) is 0 Å². The van der Waals surface area contributed by atoms with Crippen LogP contribution < -0.4 is 5.73 Å². The molecule has 2 aliphatic rings. The molecule has 5 atom stereocenters. The Labute approximate surface area is 157 Å². The van der Waals surface area contributed by atoms with Gasteiger partial charge < -0.3 is 15.4 Å². The number of carbonyl (C=O) groups excluding carboxylic acids is 1. The number of pyridine rings is 1. The van der Waals surface area contributed by atoms with Gasteiger partial charge in [-0.15, -0.1) is 0 Å². The van der Waals surface area contributed by atoms with Crippen molar-refractivity contribution in [2.75, 3.05) is 20.7 Å². The molecule has 1 aromatic heterocycles. The summed E-state index contributed by atoms with van der Waals surface area (Å²) in [5, 5.41) is 0. The van der Waals surface area contributed by atoms with Crippen LogP contribution in [0.4, 0.5) is 0 Å². The first kappa shape index (κ1) is 19.3. The van der Waals surface area contributed by atoms with E-state index in [2.05, 4.69) is 30.8 Å². The Hall–Kier alpha value is -1.46. The van der Waals surface area contributed by atoms with Gasteiger partial charge in [-0.25, -0.2) is 0 Å². The predicted molar refractivity (Wildman–Crippen MR) is 103 cm³/mol. The van der Waals surface area contributed by atoms with Crippen LogP contribution >= 0.6 is 0 Å². The maximum Gasteiger partial charge on any atom is 0.267 e. The van der Waals surface area contributed by atoms with Crippen LogP contribution in [0.1, 0.15) is 62.0 Å². The molecule has 2 N–H and O–H groups in total. The lowest BCUT2D eigenvalue weighted by Crippen LogP contribution is -2.53. The molecule has 2 fully saturated rings. The van der Waals surface area contributed by atoms with Gasteiger partial charge >= 0.3 is 0 Å². The summed E-state index contributed by atoms with van der Waals surface area (Å²) < 4.78 is 6.28. The largest absolute Gasteiger partial charge is 0.373 e. The molecule has 1 aromatic rings. The third kappa shape index (κ3) is 3.27. The van der Waals surface area contributed by atoms with E-state index in [1.165, 1.54) is 19.3 Å². The van der Waals surface area contributed by atoms with Gasteiger partial charge in [0.2, 0.25) is 0 Å². The number of rotatable bonds is 6. The SMILES string of the molecule is COC1(c2ccnc(C(N)=O)c2)C(C)CCCC1CN(C)C1CC[C@@H]1C. The molecule has 0 aliphatic heterocycles. The Bertz CT molecular complexity index is 650. The lowest BCUT2D eigenvalue weighted by Gasteiger charge is -2.51. The maximum absolute atomic E-state index is 11.7. The number of aromatic nitrogens is 1. The van der Waals surface area contributed by atoms with E-state index in [0.29, 0.717) is 23.6 Å². The van der Waals surface area contributed by atoms with E-state index in [0.717, 1.165) is 30.9 Å². The van der Waals surface area contributed by atoms with Crippen LogP contribution in [0.5, 0.6) is 0 Å². The van der Waals surface area contributed by atoms with E-state index in [9.17, 15) is 4.79 Å². The highest BCUT2D eigenvalue weighted by Gasteiger charge is 2.48. The van der Waals surface area contributed by atoms with Gasteiger partial charge in [-0.1, -0.05) is 20.3 Å². The fourth-order valence-corrected chi connectivity index (χ4v) is 5.33. The van der Waals surface area contributed by atoms with Gasteiger partial charge in [0.15, 0.2) is 0 Å². The second-order valence-electron chi connectivity index (χ2n) is 8.38. The van der Waals surface area contributed by atoms with Crippen molar-refractivity contribution in [1.82, 2.24) is 9.88 Å². The molecule has 1 amide bonds. The van der Waals surface area contributed by atoms with Crippen molar-refractivity contribution in [3.63, 3.8) is 0 Å². The maximum atomic E-state index is 11.7. The molecule has 0 saturated heterocycles. The molecule has 26 heavy (non-hydrogen) atoms. The molecular weight excluding hydrogens is 326 g/mol. The summed E-state index contributed by atoms with van der Waals surface area (Å²) in [4.78, 5) is 18.3. The topological polar surface area (TPSA) is 68.5 Å². The van der Waals surface area contributed by atoms with E-state index in [1.807, 2.05) is 19.2 Å². The van der Waals surface area contributed by atoms with Crippen LogP contribution in [0, 0.1) is 17.8 Å². The molecule has 144 valence electrons. The Kier molecular flexibility index (Phi) is 5.68. The van der Waals surface area contributed by atoms with Gasteiger partial charge in [-0.05, 0) is 62.3 Å². The highest BCUT2D eigenvalue weighted by molar-refractivity contribution is 5.90. The first-order valence-corrected chi connectivity index (χ1v) is 9.91. The number of hydrogen-bond acceptors (Lipinski definition) is 4. The minimum absolute atomic E-state index is 0.316. The molecule has 1 heterocycles. The number of nitrogens with zero attached hydrogens (tertiary/aromatic N) is 2. The van der Waals surface area contributed by atoms with Gasteiger partial charge in [0.1, 0.15) is 5.69 Å². The van der Waals surface area contributed by atoms with Crippen LogP contribution in [0.15, 0.2) is 18.3 Å². The molecule has 0 aromatic carbocycles. The number of amides is 1. The van der Waals surface area contributed by atoms with E-state index in [1.54, 1.807) is 6.20 Å². The molecule has 5 nitrogen and oxygen atoms in total. The Balaban J connectivity index is 1.93. The summed E-state index contributed by atoms with van der Waals surface area (Å²) in [6.07, 6.45) is 7.80. The third-order valence-electron chi connectivity index (χ3n) is 6.98. The zero-order valence-corrected chi connectivity index (χ0v) is 16.6. The minimum atomic E-state index is -0.487. The molecule has 0 bridgehead atoms. The average Bonchev–Trinajstić information content (AvgIpc) is 2.61. The number of carbonyl (C=O) groups is 1. The standard InChI is InChI=1S/C21H33N3O2/c1-14-8-9-19(14)24(3)13-17-7-5-6-15(2)21(17,26-4)16-10-11-23-18(12-16)20(22)25/h10-12,14-15,17,19H,5-9,13H2,1-4H3,(H2,22,25)/t14-,15?,17?,19?,21?/m0/s1. The summed E-state index contributed by atoms with van der Waals surface area (Å²) in [5.74, 6) is 1.05. The first-order valence-electron chi connectivity index (χ1n) is 9.91. The number of nitrogens with two attached hydrogens (primary N) is 1. The number of ether oxygens (including phenoxy) is 1. The summed E-state index contributed by atoms with van der Waals surface area (Å²) in [5.41, 5.74) is 6.43. The van der Waals surface area contributed by atoms with Gasteiger partial charge in [-0.3, -0.25) is 9.78 Å². The third-order valence-corrected chi connectivity index (χ3v) is 6.98. The van der Waals surface area contributed by atoms with Gasteiger partial charge in [0.25, 0.3) is 5.91 Å². The van der Waals surface area contributed by atoms with Crippen molar-refractivity contribution < 1.29 is 9.53 Å². The van der Waals surface area contributed by atoms with Crippen molar-refractivity contribution in [3.8, 4) is 0 Å². The molecule has 2 aliphatic carbocycles. The molecule has 0 spiro atoms. The van der Waals surface area contributed by atoms with Crippen LogP contribution in [-0.4, -0.2) is 42.5 Å². The molecular formula is C21H33N3O2. The zero-order valence-electron chi connectivity index (χ0n) is 16.6. The highest BCUT2D eigenvalue weighted by atomic mass is 16.5. The minimum Gasteiger partial charge on any atom is -0.373 e. The predicted octanol–water partition coefficient (Wildman–Crippen LogP) is 3.19. The fraction of sp³-hybridized carbons (Fsp3) is 0.714. The fourth-order valence-electron chi connectivity index (χ4n) is 5.33. The number of primary amides is 1. The summed E-state index contributed by atoms with van der Waals surface area (Å²) in [6, 6.07) is 4.52. The Morgan fingerprint density at radius 2 is 2.12 bits per heavy atom. The monoisotopic (exact) mass is 359 g/mol. The first-order chi connectivity index (χ1) is 12.4. The van der Waals surface area contributed by atoms with Crippen LogP contribution in [-0.2, 0) is 10.3 Å². The average molecular weight is 360 g/mol. The van der Waals surface area contributed by atoms with E-state index in [4.69, 9.17) is 10.5 Å². The smallest absolute Gasteiger partial charge is 0.267 e. The van der Waals surface area contributed by atoms with Crippen molar-refractivity contribution >= 4 is 5.91 Å². The molecule has 3 rings (SSSR count). The van der Waals surface area contributed by atoms with Gasteiger partial charge in [0, 0.05) is 31.8 Å². The number of methoxy groups -OCH3 is 1.